The molecule has 1 amide bonds. The summed E-state index contributed by atoms with van der Waals surface area (Å²) in [5, 5.41) is 16.1. The van der Waals surface area contributed by atoms with E-state index in [4.69, 9.17) is 9.84 Å². The molecule has 2 aromatic rings. The Kier molecular flexibility index (Phi) is 4.84. The van der Waals surface area contributed by atoms with E-state index >= 15 is 0 Å². The van der Waals surface area contributed by atoms with Gasteiger partial charge in [-0.25, -0.2) is 9.48 Å². The lowest BCUT2D eigenvalue weighted by Gasteiger charge is -2.36. The van der Waals surface area contributed by atoms with Crippen molar-refractivity contribution in [2.45, 2.75) is 37.8 Å². The molecule has 2 aromatic heterocycles. The molecule has 0 aliphatic carbocycles. The molecule has 0 aromatic carbocycles. The Morgan fingerprint density at radius 2 is 2.08 bits per heavy atom. The number of carboxylic acids is 1. The van der Waals surface area contributed by atoms with Gasteiger partial charge in [-0.3, -0.25) is 14.0 Å². The van der Waals surface area contributed by atoms with Gasteiger partial charge >= 0.3 is 11.7 Å². The molecule has 1 aliphatic heterocycles. The first-order valence-electron chi connectivity index (χ1n) is 8.14. The van der Waals surface area contributed by atoms with Gasteiger partial charge in [0.15, 0.2) is 5.65 Å². The molecule has 9 nitrogen and oxygen atoms in total. The highest BCUT2D eigenvalue weighted by atomic mass is 16.5. The van der Waals surface area contributed by atoms with Crippen molar-refractivity contribution in [3.63, 3.8) is 0 Å². The summed E-state index contributed by atoms with van der Waals surface area (Å²) in [6.07, 6.45) is 2.44. The highest BCUT2D eigenvalue weighted by Gasteiger charge is 2.36. The fourth-order valence-electron chi connectivity index (χ4n) is 3.08. The fraction of sp³-hybridized carbons (Fsp3) is 0.500. The van der Waals surface area contributed by atoms with E-state index in [2.05, 4.69) is 10.4 Å². The third kappa shape index (κ3) is 3.87. The molecule has 3 heterocycles. The van der Waals surface area contributed by atoms with Crippen molar-refractivity contribution in [2.75, 3.05) is 13.2 Å². The van der Waals surface area contributed by atoms with Gasteiger partial charge in [-0.2, -0.15) is 0 Å². The summed E-state index contributed by atoms with van der Waals surface area (Å²) in [7, 11) is 0. The molecule has 1 saturated heterocycles. The Morgan fingerprint density at radius 1 is 1.32 bits per heavy atom. The van der Waals surface area contributed by atoms with Gasteiger partial charge in [-0.1, -0.05) is 6.07 Å². The second kappa shape index (κ2) is 7.06. The van der Waals surface area contributed by atoms with E-state index in [9.17, 15) is 14.4 Å². The minimum atomic E-state index is -0.959. The van der Waals surface area contributed by atoms with Gasteiger partial charge in [0, 0.05) is 25.8 Å². The number of hydrogen-bond donors (Lipinski definition) is 2. The maximum Gasteiger partial charge on any atom is 0.350 e. The van der Waals surface area contributed by atoms with Gasteiger partial charge < -0.3 is 15.2 Å². The van der Waals surface area contributed by atoms with Gasteiger partial charge in [0.25, 0.3) is 0 Å². The minimum absolute atomic E-state index is 0.0476. The number of carbonyl (C=O) groups is 2. The lowest BCUT2D eigenvalue weighted by Crippen LogP contribution is -2.53. The lowest BCUT2D eigenvalue weighted by molar-refractivity contribution is -0.140. The molecule has 9 heteroatoms. The average Bonchev–Trinajstić information content (AvgIpc) is 2.89. The normalized spacial score (nSPS) is 16.6. The van der Waals surface area contributed by atoms with Gasteiger partial charge in [0.2, 0.25) is 5.91 Å². The first-order valence-corrected chi connectivity index (χ1v) is 8.14. The molecule has 0 unspecified atom stereocenters. The minimum Gasteiger partial charge on any atom is -0.481 e. The summed E-state index contributed by atoms with van der Waals surface area (Å²) < 4.78 is 7.91. The Balaban J connectivity index is 1.65. The third-order valence-corrected chi connectivity index (χ3v) is 4.38. The highest BCUT2D eigenvalue weighted by Crippen LogP contribution is 2.24. The van der Waals surface area contributed by atoms with Gasteiger partial charge in [0.1, 0.15) is 0 Å². The van der Waals surface area contributed by atoms with E-state index in [1.165, 1.54) is 9.08 Å². The predicted molar refractivity (Wildman–Crippen MR) is 87.2 cm³/mol. The molecule has 1 fully saturated rings. The number of aryl methyl sites for hydroxylation is 1. The van der Waals surface area contributed by atoms with Crippen LogP contribution in [-0.2, 0) is 20.9 Å². The van der Waals surface area contributed by atoms with Crippen molar-refractivity contribution in [1.29, 1.82) is 0 Å². The molecule has 0 bridgehead atoms. The van der Waals surface area contributed by atoms with Crippen molar-refractivity contribution >= 4 is 17.5 Å². The molecule has 0 spiro atoms. The van der Waals surface area contributed by atoms with Gasteiger partial charge in [-0.05, 0) is 25.0 Å². The molecule has 0 atom stereocenters. The van der Waals surface area contributed by atoms with Crippen LogP contribution in [0.4, 0.5) is 0 Å². The summed E-state index contributed by atoms with van der Waals surface area (Å²) in [5.74, 6) is -1.26. The first kappa shape index (κ1) is 17.2. The molecule has 2 N–H and O–H groups in total. The maximum atomic E-state index is 12.3. The second-order valence-electron chi connectivity index (χ2n) is 6.20. The van der Waals surface area contributed by atoms with Crippen LogP contribution < -0.4 is 11.0 Å². The Hall–Kier alpha value is -2.68. The molecule has 134 valence electrons. The zero-order valence-corrected chi connectivity index (χ0v) is 13.7. The number of aromatic nitrogens is 3. The van der Waals surface area contributed by atoms with Crippen molar-refractivity contribution < 1.29 is 19.4 Å². The number of hydrogen-bond acceptors (Lipinski definition) is 5. The van der Waals surface area contributed by atoms with E-state index in [0.717, 1.165) is 0 Å². The Bertz CT molecular complexity index is 834. The molecular weight excluding hydrogens is 328 g/mol. The molecule has 25 heavy (non-hydrogen) atoms. The van der Waals surface area contributed by atoms with Crippen molar-refractivity contribution in [2.24, 2.45) is 0 Å². The van der Waals surface area contributed by atoms with E-state index in [1.807, 2.05) is 0 Å². The van der Waals surface area contributed by atoms with Crippen LogP contribution in [0.1, 0.15) is 25.7 Å². The van der Waals surface area contributed by atoms with E-state index < -0.39 is 11.5 Å². The summed E-state index contributed by atoms with van der Waals surface area (Å²) in [6.45, 7) is 0.963. The lowest BCUT2D eigenvalue weighted by atomic mass is 9.86. The number of nitrogens with one attached hydrogen (secondary N) is 1. The summed E-state index contributed by atoms with van der Waals surface area (Å²) in [5.41, 5.74) is -0.584. The topological polar surface area (TPSA) is 115 Å². The van der Waals surface area contributed by atoms with Crippen molar-refractivity contribution in [3.05, 3.63) is 34.9 Å². The molecule has 0 saturated carbocycles. The number of carbonyl (C=O) groups excluding carboxylic acids is 1. The number of rotatable bonds is 6. The molecule has 1 aliphatic rings. The van der Waals surface area contributed by atoms with E-state index in [0.29, 0.717) is 31.7 Å². The van der Waals surface area contributed by atoms with Gasteiger partial charge in [0.05, 0.1) is 18.5 Å². The number of nitrogens with zero attached hydrogens (tertiary/aromatic N) is 3. The number of fused-ring (bicyclic) bond motifs is 1. The number of carboxylic acid groups (broad SMARTS) is 1. The quantitative estimate of drug-likeness (QED) is 0.761. The van der Waals surface area contributed by atoms with Crippen molar-refractivity contribution in [3.8, 4) is 0 Å². The van der Waals surface area contributed by atoms with Crippen LogP contribution in [-0.4, -0.2) is 49.9 Å². The SMILES string of the molecule is O=C(O)CC1(NC(=O)CCn2nc3ccccn3c2=O)CCOCC1. The smallest absolute Gasteiger partial charge is 0.350 e. The third-order valence-electron chi connectivity index (χ3n) is 4.38. The fourth-order valence-corrected chi connectivity index (χ4v) is 3.08. The number of amides is 1. The van der Waals surface area contributed by atoms with Crippen LogP contribution in [0.2, 0.25) is 0 Å². The summed E-state index contributed by atoms with van der Waals surface area (Å²) in [6, 6.07) is 5.22. The van der Waals surface area contributed by atoms with Gasteiger partial charge in [-0.15, -0.1) is 5.10 Å². The molecule has 0 radical (unpaired) electrons. The van der Waals surface area contributed by atoms with Crippen LogP contribution in [0.25, 0.3) is 5.65 Å². The largest absolute Gasteiger partial charge is 0.481 e. The van der Waals surface area contributed by atoms with Crippen molar-refractivity contribution in [1.82, 2.24) is 19.5 Å². The monoisotopic (exact) mass is 348 g/mol. The summed E-state index contributed by atoms with van der Waals surface area (Å²) in [4.78, 5) is 35.6. The highest BCUT2D eigenvalue weighted by molar-refractivity contribution is 5.78. The van der Waals surface area contributed by atoms with Crippen LogP contribution in [0.3, 0.4) is 0 Å². The maximum absolute atomic E-state index is 12.3. The Morgan fingerprint density at radius 3 is 2.76 bits per heavy atom. The molecule has 3 rings (SSSR count). The van der Waals surface area contributed by atoms with Crippen LogP contribution in [0.5, 0.6) is 0 Å². The first-order chi connectivity index (χ1) is 12.0. The Labute approximate surface area is 143 Å². The van der Waals surface area contributed by atoms with Crippen LogP contribution >= 0.6 is 0 Å². The molecular formula is C16H20N4O5. The van der Waals surface area contributed by atoms with E-state index in [-0.39, 0.29) is 31.0 Å². The summed E-state index contributed by atoms with van der Waals surface area (Å²) >= 11 is 0. The van der Waals surface area contributed by atoms with E-state index in [1.54, 1.807) is 24.4 Å². The number of pyridine rings is 1. The number of aliphatic carboxylic acids is 1. The van der Waals surface area contributed by atoms with Crippen LogP contribution in [0.15, 0.2) is 29.2 Å². The zero-order chi connectivity index (χ0) is 17.9. The number of ether oxygens (including phenoxy) is 1. The second-order valence-corrected chi connectivity index (χ2v) is 6.20. The average molecular weight is 348 g/mol. The standard InChI is InChI=1S/C16H20N4O5/c21-13(17-16(11-14(22)23)5-9-25-10-6-16)4-8-20-15(24)19-7-2-1-3-12(19)18-20/h1-3,7H,4-6,8-11H2,(H,17,21)(H,22,23). The predicted octanol–water partition coefficient (Wildman–Crippen LogP) is 0.0262. The van der Waals surface area contributed by atoms with Crippen LogP contribution in [0, 0.1) is 0 Å². The zero-order valence-electron chi connectivity index (χ0n) is 13.7.